The van der Waals surface area contributed by atoms with Crippen molar-refractivity contribution < 1.29 is 9.94 Å². The fourth-order valence-corrected chi connectivity index (χ4v) is 2.99. The molecule has 21 heavy (non-hydrogen) atoms. The first-order valence-corrected chi connectivity index (χ1v) is 7.55. The molecule has 0 bridgehead atoms. The Morgan fingerprint density at radius 2 is 2.33 bits per heavy atom. The number of hydrogen-bond acceptors (Lipinski definition) is 4. The van der Waals surface area contributed by atoms with E-state index in [2.05, 4.69) is 17.0 Å². The maximum absolute atomic E-state index is 8.79. The summed E-state index contributed by atoms with van der Waals surface area (Å²) in [4.78, 5) is 2.50. The predicted octanol–water partition coefficient (Wildman–Crippen LogP) is 2.41. The Morgan fingerprint density at radius 3 is 3.00 bits per heavy atom. The van der Waals surface area contributed by atoms with Gasteiger partial charge in [-0.05, 0) is 43.0 Å². The van der Waals surface area contributed by atoms with Crippen molar-refractivity contribution >= 4 is 5.84 Å². The van der Waals surface area contributed by atoms with Gasteiger partial charge in [0, 0.05) is 13.1 Å². The maximum Gasteiger partial charge on any atom is 0.173 e. The molecule has 1 aliphatic heterocycles. The highest BCUT2D eigenvalue weighted by atomic mass is 16.5. The molecule has 1 heterocycles. The third-order valence-corrected chi connectivity index (χ3v) is 4.24. The first-order valence-electron chi connectivity index (χ1n) is 7.55. The maximum atomic E-state index is 8.79. The number of likely N-dealkylation sites (tertiary alicyclic amines) is 1. The standard InChI is InChI=1S/C16H25N3O2/c1-3-12-5-4-8-19(10-12)11-13-6-7-14(16(17)18-20)15(9-13)21-2/h6-7,9,12,20H,3-5,8,10-11H2,1-2H3,(H2,17,18). The van der Waals surface area contributed by atoms with Crippen molar-refractivity contribution in [3.8, 4) is 5.75 Å². The van der Waals surface area contributed by atoms with E-state index in [9.17, 15) is 0 Å². The van der Waals surface area contributed by atoms with E-state index >= 15 is 0 Å². The second kappa shape index (κ2) is 7.31. The summed E-state index contributed by atoms with van der Waals surface area (Å²) >= 11 is 0. The van der Waals surface area contributed by atoms with Crippen LogP contribution in [0.25, 0.3) is 0 Å². The van der Waals surface area contributed by atoms with Crippen molar-refractivity contribution in [2.24, 2.45) is 16.8 Å². The molecule has 0 saturated carbocycles. The lowest BCUT2D eigenvalue weighted by atomic mass is 9.95. The molecule has 1 aromatic rings. The predicted molar refractivity (Wildman–Crippen MR) is 83.8 cm³/mol. The van der Waals surface area contributed by atoms with Crippen molar-refractivity contribution in [1.29, 1.82) is 0 Å². The number of benzene rings is 1. The van der Waals surface area contributed by atoms with Gasteiger partial charge in [-0.25, -0.2) is 0 Å². The number of methoxy groups -OCH3 is 1. The number of oxime groups is 1. The van der Waals surface area contributed by atoms with Gasteiger partial charge in [0.2, 0.25) is 0 Å². The summed E-state index contributed by atoms with van der Waals surface area (Å²) in [5.41, 5.74) is 7.46. The second-order valence-corrected chi connectivity index (χ2v) is 5.67. The van der Waals surface area contributed by atoms with Gasteiger partial charge in [0.05, 0.1) is 12.7 Å². The summed E-state index contributed by atoms with van der Waals surface area (Å²) in [5, 5.41) is 11.8. The number of amidine groups is 1. The van der Waals surface area contributed by atoms with E-state index in [0.717, 1.165) is 19.0 Å². The summed E-state index contributed by atoms with van der Waals surface area (Å²) in [5.74, 6) is 1.53. The van der Waals surface area contributed by atoms with E-state index < -0.39 is 0 Å². The SMILES string of the molecule is CCC1CCCN(Cc2ccc(/C(N)=N/O)c(OC)c2)C1. The smallest absolute Gasteiger partial charge is 0.173 e. The molecule has 5 nitrogen and oxygen atoms in total. The minimum Gasteiger partial charge on any atom is -0.496 e. The number of nitrogens with zero attached hydrogens (tertiary/aromatic N) is 2. The summed E-state index contributed by atoms with van der Waals surface area (Å²) in [7, 11) is 1.60. The highest BCUT2D eigenvalue weighted by Gasteiger charge is 2.19. The van der Waals surface area contributed by atoms with Crippen molar-refractivity contribution in [2.45, 2.75) is 32.7 Å². The van der Waals surface area contributed by atoms with E-state index in [-0.39, 0.29) is 5.84 Å². The van der Waals surface area contributed by atoms with Crippen molar-refractivity contribution in [2.75, 3.05) is 20.2 Å². The van der Waals surface area contributed by atoms with Gasteiger partial charge >= 0.3 is 0 Å². The molecule has 5 heteroatoms. The summed E-state index contributed by atoms with van der Waals surface area (Å²) in [6, 6.07) is 5.85. The van der Waals surface area contributed by atoms with Gasteiger partial charge in [-0.3, -0.25) is 4.90 Å². The normalized spacial score (nSPS) is 20.5. The van der Waals surface area contributed by atoms with Crippen LogP contribution in [0.1, 0.15) is 37.3 Å². The monoisotopic (exact) mass is 291 g/mol. The van der Waals surface area contributed by atoms with Gasteiger partial charge in [0.15, 0.2) is 5.84 Å². The number of nitrogens with two attached hydrogens (primary N) is 1. The van der Waals surface area contributed by atoms with E-state index in [4.69, 9.17) is 15.7 Å². The summed E-state index contributed by atoms with van der Waals surface area (Å²) < 4.78 is 5.35. The number of ether oxygens (including phenoxy) is 1. The van der Waals surface area contributed by atoms with Crippen LogP contribution in [0.5, 0.6) is 5.75 Å². The van der Waals surface area contributed by atoms with Crippen LogP contribution in [0.4, 0.5) is 0 Å². The first kappa shape index (κ1) is 15.6. The number of rotatable bonds is 5. The van der Waals surface area contributed by atoms with Gasteiger partial charge in [-0.15, -0.1) is 0 Å². The van der Waals surface area contributed by atoms with Crippen LogP contribution in [0, 0.1) is 5.92 Å². The number of piperidine rings is 1. The fraction of sp³-hybridized carbons (Fsp3) is 0.562. The zero-order chi connectivity index (χ0) is 15.2. The third-order valence-electron chi connectivity index (χ3n) is 4.24. The van der Waals surface area contributed by atoms with Crippen LogP contribution >= 0.6 is 0 Å². The Balaban J connectivity index is 2.10. The topological polar surface area (TPSA) is 71.1 Å². The van der Waals surface area contributed by atoms with Gasteiger partial charge in [0.25, 0.3) is 0 Å². The van der Waals surface area contributed by atoms with Crippen molar-refractivity contribution in [3.63, 3.8) is 0 Å². The molecule has 116 valence electrons. The molecule has 1 fully saturated rings. The van der Waals surface area contributed by atoms with Gasteiger partial charge in [-0.2, -0.15) is 0 Å². The van der Waals surface area contributed by atoms with Crippen LogP contribution in [0.15, 0.2) is 23.4 Å². The Morgan fingerprint density at radius 1 is 1.52 bits per heavy atom. The molecule has 1 aliphatic rings. The molecule has 1 unspecified atom stereocenters. The van der Waals surface area contributed by atoms with Crippen molar-refractivity contribution in [3.05, 3.63) is 29.3 Å². The van der Waals surface area contributed by atoms with E-state index in [0.29, 0.717) is 11.3 Å². The highest BCUT2D eigenvalue weighted by Crippen LogP contribution is 2.24. The Labute approximate surface area is 126 Å². The summed E-state index contributed by atoms with van der Waals surface area (Å²) in [6.45, 7) is 5.51. The second-order valence-electron chi connectivity index (χ2n) is 5.67. The van der Waals surface area contributed by atoms with Gasteiger partial charge in [0.1, 0.15) is 5.75 Å². The average molecular weight is 291 g/mol. The van der Waals surface area contributed by atoms with Crippen molar-refractivity contribution in [1.82, 2.24) is 4.90 Å². The van der Waals surface area contributed by atoms with Gasteiger partial charge < -0.3 is 15.7 Å². The molecule has 3 N–H and O–H groups in total. The molecule has 1 saturated heterocycles. The molecular formula is C16H25N3O2. The Bertz CT molecular complexity index is 502. The lowest BCUT2D eigenvalue weighted by molar-refractivity contribution is 0.164. The van der Waals surface area contributed by atoms with Crippen LogP contribution in [-0.2, 0) is 6.54 Å². The van der Waals surface area contributed by atoms with Gasteiger partial charge in [-0.1, -0.05) is 24.6 Å². The molecule has 0 spiro atoms. The highest BCUT2D eigenvalue weighted by molar-refractivity contribution is 5.99. The first-order chi connectivity index (χ1) is 10.2. The van der Waals surface area contributed by atoms with Crippen LogP contribution in [0.2, 0.25) is 0 Å². The zero-order valence-corrected chi connectivity index (χ0v) is 12.9. The molecule has 0 amide bonds. The third kappa shape index (κ3) is 3.88. The summed E-state index contributed by atoms with van der Waals surface area (Å²) in [6.07, 6.45) is 3.87. The largest absolute Gasteiger partial charge is 0.496 e. The number of hydrogen-bond donors (Lipinski definition) is 2. The fourth-order valence-electron chi connectivity index (χ4n) is 2.99. The molecule has 1 aromatic carbocycles. The molecule has 0 radical (unpaired) electrons. The minimum atomic E-state index is 0.0717. The molecule has 0 aliphatic carbocycles. The van der Waals surface area contributed by atoms with Crippen LogP contribution in [-0.4, -0.2) is 36.1 Å². The van der Waals surface area contributed by atoms with E-state index in [1.807, 2.05) is 18.2 Å². The quantitative estimate of drug-likeness (QED) is 0.378. The van der Waals surface area contributed by atoms with E-state index in [1.165, 1.54) is 31.4 Å². The molecule has 0 aromatic heterocycles. The molecule has 2 rings (SSSR count). The Kier molecular flexibility index (Phi) is 5.44. The lowest BCUT2D eigenvalue weighted by Crippen LogP contribution is -2.34. The zero-order valence-electron chi connectivity index (χ0n) is 12.9. The van der Waals surface area contributed by atoms with E-state index in [1.54, 1.807) is 7.11 Å². The average Bonchev–Trinajstić information content (AvgIpc) is 2.54. The lowest BCUT2D eigenvalue weighted by Gasteiger charge is -2.32. The van der Waals surface area contributed by atoms with Crippen LogP contribution < -0.4 is 10.5 Å². The van der Waals surface area contributed by atoms with Crippen LogP contribution in [0.3, 0.4) is 0 Å². The molecule has 1 atom stereocenters. The minimum absolute atomic E-state index is 0.0717. The Hall–Kier alpha value is -1.75. The molecular weight excluding hydrogens is 266 g/mol.